The Morgan fingerprint density at radius 3 is 2.62 bits per heavy atom. The number of hydrogen-bond donors (Lipinski definition) is 0. The third-order valence-corrected chi connectivity index (χ3v) is 1.09. The van der Waals surface area contributed by atoms with Gasteiger partial charge in [-0.3, -0.25) is 4.98 Å². The van der Waals surface area contributed by atoms with Gasteiger partial charge in [0.2, 0.25) is 0 Å². The monoisotopic (exact) mass is 129 g/mol. The predicted molar refractivity (Wildman–Crippen MR) is 33.5 cm³/mol. The Hall–Kier alpha value is -0.490. The van der Waals surface area contributed by atoms with E-state index in [2.05, 4.69) is 14.2 Å². The van der Waals surface area contributed by atoms with Gasteiger partial charge in [-0.25, -0.2) is 4.39 Å². The topological polar surface area (TPSA) is 12.9 Å². The van der Waals surface area contributed by atoms with Gasteiger partial charge in [-0.05, 0) is 12.1 Å². The van der Waals surface area contributed by atoms with Crippen LogP contribution in [0.25, 0.3) is 0 Å². The van der Waals surface area contributed by atoms with Crippen LogP contribution in [0.2, 0.25) is 0 Å². The summed E-state index contributed by atoms with van der Waals surface area (Å²) in [4.78, 5) is 3.67. The maximum atomic E-state index is 12.0. The fourth-order valence-corrected chi connectivity index (χ4v) is 0.558. The van der Waals surface area contributed by atoms with Crippen LogP contribution in [0.3, 0.4) is 0 Å². The minimum absolute atomic E-state index is 0.295. The second-order valence-corrected chi connectivity index (χ2v) is 1.99. The third-order valence-electron chi connectivity index (χ3n) is 0.750. The molecule has 1 unspecified atom stereocenters. The van der Waals surface area contributed by atoms with Crippen LogP contribution in [0, 0.1) is 5.82 Å². The summed E-state index contributed by atoms with van der Waals surface area (Å²) in [5.41, 5.74) is 0.756. The summed E-state index contributed by atoms with van der Waals surface area (Å²) in [6.07, 6.45) is 1.18. The summed E-state index contributed by atoms with van der Waals surface area (Å²) >= 11 is 0. The lowest BCUT2D eigenvalue weighted by molar-refractivity contribution is 0.622. The van der Waals surface area contributed by atoms with Crippen molar-refractivity contribution in [1.82, 2.24) is 4.98 Å². The number of rotatable bonds is 0. The van der Waals surface area contributed by atoms with Crippen molar-refractivity contribution >= 4 is 14.7 Å². The van der Waals surface area contributed by atoms with Crippen molar-refractivity contribution < 1.29 is 4.39 Å². The van der Waals surface area contributed by atoms with Gasteiger partial charge in [0.15, 0.2) is 0 Å². The molecule has 0 saturated carbocycles. The molecule has 0 saturated heterocycles. The summed E-state index contributed by atoms with van der Waals surface area (Å²) in [6.45, 7) is 0. The van der Waals surface area contributed by atoms with Crippen molar-refractivity contribution in [3.8, 4) is 0 Å². The van der Waals surface area contributed by atoms with E-state index in [9.17, 15) is 4.39 Å². The molecule has 42 valence electrons. The zero-order valence-electron chi connectivity index (χ0n) is 4.13. The Labute approximate surface area is 49.1 Å². The predicted octanol–water partition coefficient (Wildman–Crippen LogP) is 0.721. The van der Waals surface area contributed by atoms with E-state index in [0.29, 0.717) is 0 Å². The highest BCUT2D eigenvalue weighted by molar-refractivity contribution is 7.26. The molecule has 0 aliphatic rings. The van der Waals surface area contributed by atoms with E-state index < -0.39 is 0 Å². The first-order chi connectivity index (χ1) is 3.79. The fraction of sp³-hybridized carbons (Fsp3) is 0. The standard InChI is InChI=1S/C5H5FNP/c6-4-1-2-5(8)7-3-4/h1-3H,8H2. The molecule has 0 spiro atoms. The largest absolute Gasteiger partial charge is 0.254 e. The number of pyridine rings is 1. The summed E-state index contributed by atoms with van der Waals surface area (Å²) < 4.78 is 12.0. The van der Waals surface area contributed by atoms with E-state index in [1.807, 2.05) is 0 Å². The molecular weight excluding hydrogens is 124 g/mol. The third kappa shape index (κ3) is 1.24. The molecule has 0 amide bonds. The Balaban J connectivity index is 3.03. The Morgan fingerprint density at radius 2 is 2.25 bits per heavy atom. The van der Waals surface area contributed by atoms with Crippen molar-refractivity contribution in [2.75, 3.05) is 0 Å². The smallest absolute Gasteiger partial charge is 0.141 e. The summed E-state index contributed by atoms with van der Waals surface area (Å²) in [6, 6.07) is 2.97. The van der Waals surface area contributed by atoms with Crippen molar-refractivity contribution in [2.45, 2.75) is 0 Å². The lowest BCUT2D eigenvalue weighted by Gasteiger charge is -1.86. The second-order valence-electron chi connectivity index (χ2n) is 1.40. The highest BCUT2D eigenvalue weighted by Crippen LogP contribution is 1.90. The molecule has 0 aliphatic carbocycles. The highest BCUT2D eigenvalue weighted by atomic mass is 31.0. The first-order valence-electron chi connectivity index (χ1n) is 2.16. The number of nitrogens with zero attached hydrogens (tertiary/aromatic N) is 1. The van der Waals surface area contributed by atoms with Gasteiger partial charge in [0.1, 0.15) is 5.82 Å². The average Bonchev–Trinajstić information content (AvgIpc) is 1.77. The van der Waals surface area contributed by atoms with Crippen LogP contribution in [0.5, 0.6) is 0 Å². The van der Waals surface area contributed by atoms with Crippen LogP contribution in [-0.4, -0.2) is 4.98 Å². The van der Waals surface area contributed by atoms with E-state index in [-0.39, 0.29) is 5.82 Å². The SMILES string of the molecule is Fc1ccc(P)nc1. The van der Waals surface area contributed by atoms with Crippen molar-refractivity contribution in [2.24, 2.45) is 0 Å². The average molecular weight is 129 g/mol. The molecule has 1 aromatic heterocycles. The second kappa shape index (κ2) is 2.19. The first kappa shape index (κ1) is 5.64. The van der Waals surface area contributed by atoms with Crippen LogP contribution in [-0.2, 0) is 0 Å². The van der Waals surface area contributed by atoms with Gasteiger partial charge in [0, 0.05) is 0 Å². The van der Waals surface area contributed by atoms with Crippen LogP contribution >= 0.6 is 9.24 Å². The van der Waals surface area contributed by atoms with Crippen LogP contribution in [0.1, 0.15) is 0 Å². The summed E-state index contributed by atoms with van der Waals surface area (Å²) in [5.74, 6) is -0.295. The Morgan fingerprint density at radius 1 is 1.50 bits per heavy atom. The highest BCUT2D eigenvalue weighted by Gasteiger charge is 1.85. The van der Waals surface area contributed by atoms with Gasteiger partial charge in [-0.2, -0.15) is 0 Å². The summed E-state index contributed by atoms with van der Waals surface area (Å²) in [7, 11) is 2.37. The molecule has 0 bridgehead atoms. The quantitative estimate of drug-likeness (QED) is 0.470. The molecule has 1 atom stereocenters. The van der Waals surface area contributed by atoms with Gasteiger partial charge in [0.05, 0.1) is 11.6 Å². The van der Waals surface area contributed by atoms with E-state index >= 15 is 0 Å². The molecule has 0 N–H and O–H groups in total. The van der Waals surface area contributed by atoms with Crippen LogP contribution in [0.15, 0.2) is 18.3 Å². The van der Waals surface area contributed by atoms with Crippen molar-refractivity contribution in [3.05, 3.63) is 24.1 Å². The minimum atomic E-state index is -0.295. The van der Waals surface area contributed by atoms with Crippen LogP contribution in [0.4, 0.5) is 4.39 Å². The molecule has 3 heteroatoms. The van der Waals surface area contributed by atoms with Gasteiger partial charge in [0.25, 0.3) is 0 Å². The maximum absolute atomic E-state index is 12.0. The van der Waals surface area contributed by atoms with Crippen molar-refractivity contribution in [3.63, 3.8) is 0 Å². The molecule has 0 fully saturated rings. The lowest BCUT2D eigenvalue weighted by atomic mass is 10.5. The van der Waals surface area contributed by atoms with E-state index in [1.165, 1.54) is 12.3 Å². The molecule has 0 radical (unpaired) electrons. The molecular formula is C5H5FNP. The van der Waals surface area contributed by atoms with E-state index in [0.717, 1.165) is 5.44 Å². The zero-order chi connectivity index (χ0) is 5.98. The molecule has 1 heterocycles. The molecule has 8 heavy (non-hydrogen) atoms. The molecule has 0 aliphatic heterocycles. The van der Waals surface area contributed by atoms with Crippen molar-refractivity contribution in [1.29, 1.82) is 0 Å². The first-order valence-corrected chi connectivity index (χ1v) is 2.74. The fourth-order valence-electron chi connectivity index (χ4n) is 0.387. The van der Waals surface area contributed by atoms with Gasteiger partial charge < -0.3 is 0 Å². The van der Waals surface area contributed by atoms with Gasteiger partial charge in [-0.1, -0.05) is 9.24 Å². The Kier molecular flexibility index (Phi) is 1.54. The number of halogens is 1. The van der Waals surface area contributed by atoms with E-state index in [1.54, 1.807) is 6.07 Å². The molecule has 1 aromatic rings. The van der Waals surface area contributed by atoms with Crippen LogP contribution < -0.4 is 5.44 Å². The maximum Gasteiger partial charge on any atom is 0.141 e. The number of hydrogen-bond acceptors (Lipinski definition) is 1. The minimum Gasteiger partial charge on any atom is -0.254 e. The summed E-state index contributed by atoms with van der Waals surface area (Å²) in [5, 5.41) is 0. The van der Waals surface area contributed by atoms with Gasteiger partial charge in [-0.15, -0.1) is 0 Å². The van der Waals surface area contributed by atoms with E-state index in [4.69, 9.17) is 0 Å². The lowest BCUT2D eigenvalue weighted by Crippen LogP contribution is -1.94. The molecule has 1 rings (SSSR count). The normalized spacial score (nSPS) is 9.25. The number of aromatic nitrogens is 1. The zero-order valence-corrected chi connectivity index (χ0v) is 5.29. The Bertz CT molecular complexity index is 151. The van der Waals surface area contributed by atoms with Gasteiger partial charge >= 0.3 is 0 Å². The molecule has 0 aromatic carbocycles. The molecule has 1 nitrogen and oxygen atoms in total.